The summed E-state index contributed by atoms with van der Waals surface area (Å²) in [6, 6.07) is 0. The molecule has 0 aliphatic carbocycles. The highest BCUT2D eigenvalue weighted by atomic mass is 35.5. The van der Waals surface area contributed by atoms with Crippen molar-refractivity contribution in [2.45, 2.75) is 0 Å². The molecule has 0 aromatic heterocycles. The average molecular weight is 146 g/mol. The van der Waals surface area contributed by atoms with Crippen LogP contribution >= 0.6 is 25.0 Å². The Labute approximate surface area is 55.9 Å². The quantitative estimate of drug-likeness (QED) is 0.452. The van der Waals surface area contributed by atoms with Crippen molar-refractivity contribution >= 4 is 25.0 Å². The smallest absolute Gasteiger partial charge is 0.0319 e. The Bertz CT molecular complexity index is 16.9. The molecule has 7 heavy (non-hydrogen) atoms. The summed E-state index contributed by atoms with van der Waals surface area (Å²) in [4.78, 5) is 0. The van der Waals surface area contributed by atoms with Crippen molar-refractivity contribution in [2.75, 3.05) is 19.4 Å². The van der Waals surface area contributed by atoms with E-state index in [-0.39, 0.29) is 12.4 Å². The van der Waals surface area contributed by atoms with Crippen LogP contribution in [-0.4, -0.2) is 24.5 Å². The molecule has 0 radical (unpaired) electrons. The Morgan fingerprint density at radius 2 is 1.71 bits per heavy atom. The maximum atomic E-state index is 7.00. The van der Waals surface area contributed by atoms with Crippen LogP contribution in [0.25, 0.3) is 0 Å². The van der Waals surface area contributed by atoms with Crippen molar-refractivity contribution in [3.8, 4) is 0 Å². The van der Waals surface area contributed by atoms with E-state index in [9.17, 15) is 0 Å². The fraction of sp³-hybridized carbons (Fsp3) is 1.00. The van der Waals surface area contributed by atoms with Crippen molar-refractivity contribution in [3.63, 3.8) is 0 Å². The minimum Gasteiger partial charge on any atom is -0.400 e. The van der Waals surface area contributed by atoms with E-state index in [1.54, 1.807) is 0 Å². The zero-order valence-corrected chi connectivity index (χ0v) is 6.01. The molecule has 0 spiro atoms. The van der Waals surface area contributed by atoms with Gasteiger partial charge in [0.25, 0.3) is 0 Å². The second-order valence-electron chi connectivity index (χ2n) is 0.512. The minimum atomic E-state index is 0. The monoisotopic (exact) mass is 145 g/mol. The van der Waals surface area contributed by atoms with Gasteiger partial charge in [-0.3, -0.25) is 0 Å². The highest BCUT2D eigenvalue weighted by molar-refractivity contribution is 7.80. The fourth-order valence-electron chi connectivity index (χ4n) is 0. The Kier molecular flexibility index (Phi) is 69.2. The zero-order valence-electron chi connectivity index (χ0n) is 4.29. The molecule has 0 saturated heterocycles. The van der Waals surface area contributed by atoms with E-state index in [4.69, 9.17) is 10.8 Å². The van der Waals surface area contributed by atoms with Gasteiger partial charge in [-0.05, 0) is 0 Å². The molecule has 0 aromatic rings. The molecule has 3 N–H and O–H groups in total. The van der Waals surface area contributed by atoms with Crippen LogP contribution in [0, 0.1) is 0 Å². The molecular formula is C3H12ClNOS. The Hall–Kier alpha value is 0.560. The largest absolute Gasteiger partial charge is 0.400 e. The highest BCUT2D eigenvalue weighted by Crippen LogP contribution is 1.58. The number of hydrogen-bond acceptors (Lipinski definition) is 3. The van der Waals surface area contributed by atoms with Crippen molar-refractivity contribution < 1.29 is 5.11 Å². The van der Waals surface area contributed by atoms with Gasteiger partial charge in [-0.1, -0.05) is 0 Å². The lowest BCUT2D eigenvalue weighted by Gasteiger charge is -1.69. The van der Waals surface area contributed by atoms with Gasteiger partial charge in [0.05, 0.1) is 0 Å². The van der Waals surface area contributed by atoms with Gasteiger partial charge >= 0.3 is 0 Å². The number of hydrogen-bond donors (Lipinski definition) is 3. The molecule has 0 amide bonds. The second kappa shape index (κ2) is 30.9. The van der Waals surface area contributed by atoms with Gasteiger partial charge in [-0.25, -0.2) is 0 Å². The topological polar surface area (TPSA) is 46.2 Å². The molecule has 0 bridgehead atoms. The third-order valence-corrected chi connectivity index (χ3v) is 0.387. The summed E-state index contributed by atoms with van der Waals surface area (Å²) in [6.07, 6.45) is 0. The van der Waals surface area contributed by atoms with Crippen LogP contribution in [0.1, 0.15) is 0 Å². The summed E-state index contributed by atoms with van der Waals surface area (Å²) >= 11 is 3.80. The number of thiol groups is 1. The van der Waals surface area contributed by atoms with Crippen molar-refractivity contribution in [1.29, 1.82) is 0 Å². The Morgan fingerprint density at radius 3 is 1.71 bits per heavy atom. The molecule has 0 rings (SSSR count). The number of rotatable bonds is 1. The van der Waals surface area contributed by atoms with Crippen LogP contribution in [0.3, 0.4) is 0 Å². The highest BCUT2D eigenvalue weighted by Gasteiger charge is 1.56. The third kappa shape index (κ3) is 56.1. The van der Waals surface area contributed by atoms with Gasteiger partial charge in [0.15, 0.2) is 0 Å². The first-order valence-electron chi connectivity index (χ1n) is 1.67. The Morgan fingerprint density at radius 1 is 1.57 bits per heavy atom. The van der Waals surface area contributed by atoms with Gasteiger partial charge in [0, 0.05) is 19.4 Å². The average Bonchev–Trinajstić information content (AvgIpc) is 1.72. The normalized spacial score (nSPS) is 5.14. The molecule has 0 aliphatic rings. The predicted octanol–water partition coefficient (Wildman–Crippen LogP) is -0.0948. The number of aliphatic hydroxyl groups excluding tert-OH is 1. The summed E-state index contributed by atoms with van der Waals surface area (Å²) in [6.45, 7) is 0.684. The maximum absolute atomic E-state index is 7.00. The first-order chi connectivity index (χ1) is 2.91. The van der Waals surface area contributed by atoms with E-state index in [0.29, 0.717) is 6.54 Å². The summed E-state index contributed by atoms with van der Waals surface area (Å²) in [5.74, 6) is 0.792. The number of halogens is 1. The molecule has 0 unspecified atom stereocenters. The lowest BCUT2D eigenvalue weighted by molar-refractivity contribution is 0.399. The van der Waals surface area contributed by atoms with Crippen LogP contribution in [0.5, 0.6) is 0 Å². The van der Waals surface area contributed by atoms with Crippen LogP contribution < -0.4 is 5.73 Å². The third-order valence-electron chi connectivity index (χ3n) is 0.129. The molecule has 2 nitrogen and oxygen atoms in total. The van der Waals surface area contributed by atoms with E-state index >= 15 is 0 Å². The molecular weight excluding hydrogens is 134 g/mol. The SMILES string of the molecule is CO.Cl.NCCS. The van der Waals surface area contributed by atoms with E-state index in [0.717, 1.165) is 12.9 Å². The van der Waals surface area contributed by atoms with E-state index in [2.05, 4.69) is 12.6 Å². The molecule has 0 atom stereocenters. The summed E-state index contributed by atoms with van der Waals surface area (Å²) in [7, 11) is 1.00. The fourth-order valence-corrected chi connectivity index (χ4v) is 0. The molecule has 0 aromatic carbocycles. The first kappa shape index (κ1) is 15.6. The Balaban J connectivity index is -0.0000000480. The van der Waals surface area contributed by atoms with Crippen LogP contribution in [0.2, 0.25) is 0 Å². The molecule has 4 heteroatoms. The van der Waals surface area contributed by atoms with Crippen LogP contribution in [-0.2, 0) is 0 Å². The van der Waals surface area contributed by atoms with E-state index in [1.165, 1.54) is 0 Å². The van der Waals surface area contributed by atoms with Crippen molar-refractivity contribution in [1.82, 2.24) is 0 Å². The molecule has 0 aliphatic heterocycles. The van der Waals surface area contributed by atoms with Crippen LogP contribution in [0.4, 0.5) is 0 Å². The minimum absolute atomic E-state index is 0. The lowest BCUT2D eigenvalue weighted by atomic mass is 10.8. The molecule has 48 valence electrons. The maximum Gasteiger partial charge on any atom is 0.0319 e. The van der Waals surface area contributed by atoms with Gasteiger partial charge in [-0.15, -0.1) is 12.4 Å². The lowest BCUT2D eigenvalue weighted by Crippen LogP contribution is -1.97. The first-order valence-corrected chi connectivity index (χ1v) is 2.30. The van der Waals surface area contributed by atoms with Gasteiger partial charge < -0.3 is 10.8 Å². The van der Waals surface area contributed by atoms with Gasteiger partial charge in [0.1, 0.15) is 0 Å². The summed E-state index contributed by atoms with van der Waals surface area (Å²) in [5, 5.41) is 7.00. The van der Waals surface area contributed by atoms with E-state index in [1.807, 2.05) is 0 Å². The summed E-state index contributed by atoms with van der Waals surface area (Å²) in [5.41, 5.74) is 4.95. The standard InChI is InChI=1S/C2H7NS.CH4O.ClH/c3-1-2-4;1-2;/h4H,1-3H2;2H,1H3;1H. The molecule has 0 heterocycles. The van der Waals surface area contributed by atoms with Crippen LogP contribution in [0.15, 0.2) is 0 Å². The predicted molar refractivity (Wildman–Crippen MR) is 38.3 cm³/mol. The van der Waals surface area contributed by atoms with E-state index < -0.39 is 0 Å². The second-order valence-corrected chi connectivity index (χ2v) is 0.959. The zero-order chi connectivity index (χ0) is 5.41. The van der Waals surface area contributed by atoms with Gasteiger partial charge in [-0.2, -0.15) is 12.6 Å². The molecule has 0 fully saturated rings. The molecule has 0 saturated carbocycles. The van der Waals surface area contributed by atoms with Gasteiger partial charge in [0.2, 0.25) is 0 Å². The number of nitrogens with two attached hydrogens (primary N) is 1. The number of aliphatic hydroxyl groups is 1. The van der Waals surface area contributed by atoms with Crippen molar-refractivity contribution in [3.05, 3.63) is 0 Å². The van der Waals surface area contributed by atoms with Crippen molar-refractivity contribution in [2.24, 2.45) is 5.73 Å². The summed E-state index contributed by atoms with van der Waals surface area (Å²) < 4.78 is 0.